The molecule has 2 aromatic rings. The number of aliphatic hydroxyl groups excluding tert-OH is 1. The van der Waals surface area contributed by atoms with Crippen LogP contribution in [0.15, 0.2) is 36.5 Å². The molecule has 102 valence electrons. The molecule has 0 fully saturated rings. The topological polar surface area (TPSA) is 59.3 Å². The minimum Gasteiger partial charge on any atom is -0.497 e. The third kappa shape index (κ3) is 3.81. The van der Waals surface area contributed by atoms with Gasteiger partial charge < -0.3 is 15.2 Å². The average molecular weight is 261 g/mol. The number of benzene rings is 1. The van der Waals surface area contributed by atoms with E-state index in [1.807, 2.05) is 43.6 Å². The van der Waals surface area contributed by atoms with Crippen LogP contribution in [-0.2, 0) is 13.6 Å². The molecule has 1 atom stereocenters. The number of methoxy groups -OCH3 is 1. The summed E-state index contributed by atoms with van der Waals surface area (Å²) in [5, 5.41) is 17.5. The molecule has 1 unspecified atom stereocenters. The first kappa shape index (κ1) is 13.6. The Hall–Kier alpha value is -1.85. The summed E-state index contributed by atoms with van der Waals surface area (Å²) in [6.45, 7) is 1.14. The maximum Gasteiger partial charge on any atom is 0.118 e. The van der Waals surface area contributed by atoms with Gasteiger partial charge in [-0.3, -0.25) is 4.68 Å². The van der Waals surface area contributed by atoms with E-state index in [0.29, 0.717) is 13.1 Å². The second kappa shape index (κ2) is 6.36. The second-order valence-corrected chi connectivity index (χ2v) is 4.40. The molecule has 0 radical (unpaired) electrons. The Kier molecular flexibility index (Phi) is 4.54. The van der Waals surface area contributed by atoms with Gasteiger partial charge in [-0.15, -0.1) is 0 Å². The third-order valence-electron chi connectivity index (χ3n) is 2.91. The molecule has 0 spiro atoms. The molecule has 1 heterocycles. The van der Waals surface area contributed by atoms with Crippen LogP contribution in [0.1, 0.15) is 17.4 Å². The van der Waals surface area contributed by atoms with Crippen molar-refractivity contribution in [3.05, 3.63) is 47.8 Å². The van der Waals surface area contributed by atoms with Crippen molar-refractivity contribution in [1.29, 1.82) is 0 Å². The van der Waals surface area contributed by atoms with Crippen LogP contribution in [0.25, 0.3) is 0 Å². The lowest BCUT2D eigenvalue weighted by atomic mass is 10.1. The van der Waals surface area contributed by atoms with Gasteiger partial charge in [0, 0.05) is 26.3 Å². The van der Waals surface area contributed by atoms with E-state index in [4.69, 9.17) is 4.74 Å². The smallest absolute Gasteiger partial charge is 0.118 e. The number of rotatable bonds is 6. The summed E-state index contributed by atoms with van der Waals surface area (Å²) in [6.07, 6.45) is 1.37. The maximum absolute atomic E-state index is 10.0. The van der Waals surface area contributed by atoms with Crippen molar-refractivity contribution in [2.75, 3.05) is 13.7 Å². The fourth-order valence-corrected chi connectivity index (χ4v) is 1.84. The summed E-state index contributed by atoms with van der Waals surface area (Å²) in [5.41, 5.74) is 1.83. The molecule has 1 aromatic heterocycles. The molecule has 2 N–H and O–H groups in total. The SMILES string of the molecule is COc1ccc(C(O)CNCc2ccn(C)n2)cc1. The van der Waals surface area contributed by atoms with Crippen molar-refractivity contribution >= 4 is 0 Å². The lowest BCUT2D eigenvalue weighted by molar-refractivity contribution is 0.174. The van der Waals surface area contributed by atoms with Gasteiger partial charge in [0.1, 0.15) is 5.75 Å². The predicted molar refractivity (Wildman–Crippen MR) is 72.9 cm³/mol. The van der Waals surface area contributed by atoms with Gasteiger partial charge in [0.2, 0.25) is 0 Å². The summed E-state index contributed by atoms with van der Waals surface area (Å²) in [6, 6.07) is 9.37. The molecule has 19 heavy (non-hydrogen) atoms. The zero-order valence-corrected chi connectivity index (χ0v) is 11.2. The summed E-state index contributed by atoms with van der Waals surface area (Å²) < 4.78 is 6.84. The van der Waals surface area contributed by atoms with Crippen molar-refractivity contribution in [2.24, 2.45) is 7.05 Å². The molecule has 0 aliphatic carbocycles. The average Bonchev–Trinajstić information content (AvgIpc) is 2.84. The Morgan fingerprint density at radius 1 is 1.32 bits per heavy atom. The molecule has 5 nitrogen and oxygen atoms in total. The van der Waals surface area contributed by atoms with Gasteiger partial charge in [-0.2, -0.15) is 5.10 Å². The first-order valence-corrected chi connectivity index (χ1v) is 6.20. The quantitative estimate of drug-likeness (QED) is 0.821. The molecular weight excluding hydrogens is 242 g/mol. The highest BCUT2D eigenvalue weighted by molar-refractivity contribution is 5.28. The molecule has 0 bridgehead atoms. The van der Waals surface area contributed by atoms with Crippen LogP contribution in [-0.4, -0.2) is 28.5 Å². The van der Waals surface area contributed by atoms with Gasteiger partial charge in [-0.1, -0.05) is 12.1 Å². The maximum atomic E-state index is 10.0. The Labute approximate surface area is 112 Å². The van der Waals surface area contributed by atoms with Crippen LogP contribution < -0.4 is 10.1 Å². The minimum atomic E-state index is -0.533. The van der Waals surface area contributed by atoms with Crippen LogP contribution in [0, 0.1) is 0 Å². The zero-order valence-electron chi connectivity index (χ0n) is 11.2. The van der Waals surface area contributed by atoms with Gasteiger partial charge in [-0.05, 0) is 23.8 Å². The number of aromatic nitrogens is 2. The molecule has 5 heteroatoms. The van der Waals surface area contributed by atoms with E-state index in [9.17, 15) is 5.11 Å². The van der Waals surface area contributed by atoms with Crippen LogP contribution >= 0.6 is 0 Å². The minimum absolute atomic E-state index is 0.489. The fraction of sp³-hybridized carbons (Fsp3) is 0.357. The number of aliphatic hydroxyl groups is 1. The molecule has 0 amide bonds. The van der Waals surface area contributed by atoms with E-state index in [-0.39, 0.29) is 0 Å². The zero-order chi connectivity index (χ0) is 13.7. The van der Waals surface area contributed by atoms with E-state index >= 15 is 0 Å². The molecule has 0 saturated heterocycles. The number of hydrogen-bond donors (Lipinski definition) is 2. The van der Waals surface area contributed by atoms with Crippen molar-refractivity contribution < 1.29 is 9.84 Å². The Bertz CT molecular complexity index is 508. The monoisotopic (exact) mass is 261 g/mol. The van der Waals surface area contributed by atoms with Gasteiger partial charge in [-0.25, -0.2) is 0 Å². The predicted octanol–water partition coefficient (Wildman–Crippen LogP) is 1.25. The number of aryl methyl sites for hydroxylation is 1. The van der Waals surface area contributed by atoms with E-state index in [1.54, 1.807) is 11.8 Å². The van der Waals surface area contributed by atoms with Gasteiger partial charge in [0.05, 0.1) is 18.9 Å². The summed E-state index contributed by atoms with van der Waals surface area (Å²) in [4.78, 5) is 0. The largest absolute Gasteiger partial charge is 0.497 e. The molecule has 0 aliphatic heterocycles. The van der Waals surface area contributed by atoms with E-state index < -0.39 is 6.10 Å². The van der Waals surface area contributed by atoms with E-state index in [0.717, 1.165) is 17.0 Å². The summed E-state index contributed by atoms with van der Waals surface area (Å²) >= 11 is 0. The van der Waals surface area contributed by atoms with Crippen molar-refractivity contribution in [1.82, 2.24) is 15.1 Å². The highest BCUT2D eigenvalue weighted by atomic mass is 16.5. The first-order chi connectivity index (χ1) is 9.19. The normalized spacial score (nSPS) is 12.4. The molecular formula is C14H19N3O2. The third-order valence-corrected chi connectivity index (χ3v) is 2.91. The number of hydrogen-bond acceptors (Lipinski definition) is 4. The number of nitrogens with one attached hydrogen (secondary N) is 1. The van der Waals surface area contributed by atoms with Crippen molar-refractivity contribution in [3.63, 3.8) is 0 Å². The lowest BCUT2D eigenvalue weighted by Gasteiger charge is -2.12. The Balaban J connectivity index is 1.81. The first-order valence-electron chi connectivity index (χ1n) is 6.20. The Morgan fingerprint density at radius 2 is 2.05 bits per heavy atom. The van der Waals surface area contributed by atoms with Crippen LogP contribution in [0.5, 0.6) is 5.75 Å². The van der Waals surface area contributed by atoms with E-state index in [2.05, 4.69) is 10.4 Å². The number of ether oxygens (including phenoxy) is 1. The van der Waals surface area contributed by atoms with Crippen LogP contribution in [0.4, 0.5) is 0 Å². The number of nitrogens with zero attached hydrogens (tertiary/aromatic N) is 2. The fourth-order valence-electron chi connectivity index (χ4n) is 1.84. The Morgan fingerprint density at radius 3 is 2.63 bits per heavy atom. The summed E-state index contributed by atoms with van der Waals surface area (Å²) in [5.74, 6) is 0.789. The van der Waals surface area contributed by atoms with Crippen LogP contribution in [0.3, 0.4) is 0 Å². The van der Waals surface area contributed by atoms with Gasteiger partial charge in [0.15, 0.2) is 0 Å². The van der Waals surface area contributed by atoms with Crippen LogP contribution in [0.2, 0.25) is 0 Å². The van der Waals surface area contributed by atoms with Gasteiger partial charge in [0.25, 0.3) is 0 Å². The van der Waals surface area contributed by atoms with Crippen molar-refractivity contribution in [3.8, 4) is 5.75 Å². The lowest BCUT2D eigenvalue weighted by Crippen LogP contribution is -2.21. The highest BCUT2D eigenvalue weighted by Crippen LogP contribution is 2.16. The standard InChI is InChI=1S/C14H19N3O2/c1-17-8-7-12(16-17)9-15-10-14(18)11-3-5-13(19-2)6-4-11/h3-8,14-15,18H,9-10H2,1-2H3. The molecule has 1 aromatic carbocycles. The molecule has 2 rings (SSSR count). The van der Waals surface area contributed by atoms with E-state index in [1.165, 1.54) is 0 Å². The molecule has 0 saturated carbocycles. The van der Waals surface area contributed by atoms with Crippen molar-refractivity contribution in [2.45, 2.75) is 12.6 Å². The summed E-state index contributed by atoms with van der Waals surface area (Å²) in [7, 11) is 3.51. The second-order valence-electron chi connectivity index (χ2n) is 4.40. The molecule has 0 aliphatic rings. The highest BCUT2D eigenvalue weighted by Gasteiger charge is 2.07. The van der Waals surface area contributed by atoms with Gasteiger partial charge >= 0.3 is 0 Å².